The number of hydrogen-bond donors (Lipinski definition) is 3. The van der Waals surface area contributed by atoms with Gasteiger partial charge in [-0.15, -0.1) is 0 Å². The summed E-state index contributed by atoms with van der Waals surface area (Å²) in [5.41, 5.74) is 7.64. The minimum Gasteiger partial charge on any atom is -0.383 e. The molecule has 4 aromatic heterocycles. The van der Waals surface area contributed by atoms with Crippen LogP contribution in [0.4, 0.5) is 5.82 Å². The molecule has 0 spiro atoms. The summed E-state index contributed by atoms with van der Waals surface area (Å²) < 4.78 is 5.77. The molecule has 0 aromatic carbocycles. The minimum absolute atomic E-state index is 0.135. The van der Waals surface area contributed by atoms with E-state index in [0.717, 1.165) is 11.3 Å². The van der Waals surface area contributed by atoms with Gasteiger partial charge in [0.15, 0.2) is 17.0 Å². The van der Waals surface area contributed by atoms with Gasteiger partial charge in [0.25, 0.3) is 11.7 Å². The SMILES string of the molecule is C[C@@H](NC(=O)c1ncnc(N)c1Br)c1cc(-c2[nH]c3cnc(C(C)(C)C)nc3[nH+]2)no1. The van der Waals surface area contributed by atoms with Crippen LogP contribution in [-0.2, 0) is 5.41 Å². The Balaban J connectivity index is 1.55. The molecule has 4 rings (SSSR count). The van der Waals surface area contributed by atoms with Crippen molar-refractivity contribution in [2.24, 2.45) is 0 Å². The summed E-state index contributed by atoms with van der Waals surface area (Å²) in [5.74, 6) is 1.58. The van der Waals surface area contributed by atoms with Crippen molar-refractivity contribution in [2.75, 3.05) is 5.73 Å². The van der Waals surface area contributed by atoms with E-state index in [1.165, 1.54) is 6.33 Å². The van der Waals surface area contributed by atoms with E-state index < -0.39 is 11.9 Å². The largest absolute Gasteiger partial charge is 0.383 e. The predicted molar refractivity (Wildman–Crippen MR) is 115 cm³/mol. The first-order chi connectivity index (χ1) is 14.6. The number of nitrogen functional groups attached to an aromatic ring is 1. The number of nitrogens with one attached hydrogen (secondary N) is 3. The van der Waals surface area contributed by atoms with Crippen molar-refractivity contribution in [3.05, 3.63) is 40.3 Å². The molecule has 4 aromatic rings. The normalized spacial score (nSPS) is 12.8. The third kappa shape index (κ3) is 4.10. The Hall–Kier alpha value is -3.41. The number of rotatable bonds is 4. The van der Waals surface area contributed by atoms with Crippen LogP contribution in [0.25, 0.3) is 22.7 Å². The summed E-state index contributed by atoms with van der Waals surface area (Å²) in [6.45, 7) is 7.93. The number of imidazole rings is 1. The maximum atomic E-state index is 12.5. The third-order valence-corrected chi connectivity index (χ3v) is 5.33. The van der Waals surface area contributed by atoms with E-state index in [0.29, 0.717) is 27.4 Å². The van der Waals surface area contributed by atoms with Crippen LogP contribution in [0.5, 0.6) is 0 Å². The van der Waals surface area contributed by atoms with Crippen LogP contribution in [-0.4, -0.2) is 36.0 Å². The zero-order valence-electron chi connectivity index (χ0n) is 17.3. The van der Waals surface area contributed by atoms with Crippen molar-refractivity contribution >= 4 is 38.8 Å². The standard InChI is InChI=1S/C19H20BrN9O2/c1-8(25-17(30)13-12(20)14(21)24-7-23-13)11-5-9(29-31-11)15-26-10-6-22-18(19(2,3)4)28-16(10)27-15/h5-8H,1-4H3,(H,25,30)(H2,21,23,24)(H,22,26,27,28)/p+1/t8-/m1/s1. The fourth-order valence-corrected chi connectivity index (χ4v) is 3.22. The van der Waals surface area contributed by atoms with Crippen molar-refractivity contribution in [3.8, 4) is 11.5 Å². The summed E-state index contributed by atoms with van der Waals surface area (Å²) >= 11 is 3.23. The first kappa shape index (κ1) is 20.8. The van der Waals surface area contributed by atoms with Gasteiger partial charge in [-0.25, -0.2) is 19.9 Å². The van der Waals surface area contributed by atoms with Gasteiger partial charge in [0.2, 0.25) is 5.82 Å². The van der Waals surface area contributed by atoms with E-state index in [2.05, 4.69) is 77.1 Å². The zero-order valence-corrected chi connectivity index (χ0v) is 18.9. The molecule has 0 radical (unpaired) electrons. The van der Waals surface area contributed by atoms with E-state index in [1.807, 2.05) is 0 Å². The summed E-state index contributed by atoms with van der Waals surface area (Å²) in [5, 5.41) is 6.90. The zero-order chi connectivity index (χ0) is 22.3. The number of hydrogen-bond acceptors (Lipinski definition) is 8. The number of anilines is 1. The number of nitrogens with two attached hydrogens (primary N) is 1. The number of carbonyl (C=O) groups excluding carboxylic acids is 1. The van der Waals surface area contributed by atoms with Crippen LogP contribution in [0.3, 0.4) is 0 Å². The van der Waals surface area contributed by atoms with Crippen LogP contribution in [0.2, 0.25) is 0 Å². The quantitative estimate of drug-likeness (QED) is 0.395. The highest BCUT2D eigenvalue weighted by atomic mass is 79.9. The molecule has 1 atom stereocenters. The lowest BCUT2D eigenvalue weighted by Gasteiger charge is -2.11. The molecule has 0 unspecified atom stereocenters. The number of nitrogens with zero attached hydrogens (tertiary/aromatic N) is 5. The summed E-state index contributed by atoms with van der Waals surface area (Å²) in [6.07, 6.45) is 2.96. The molecule has 0 aliphatic rings. The topological polar surface area (TPSA) is 163 Å². The lowest BCUT2D eigenvalue weighted by Crippen LogP contribution is -2.27. The van der Waals surface area contributed by atoms with Gasteiger partial charge in [-0.05, 0) is 22.9 Å². The summed E-state index contributed by atoms with van der Waals surface area (Å²) in [6, 6.07) is 1.27. The van der Waals surface area contributed by atoms with Gasteiger partial charge in [0, 0.05) is 11.5 Å². The molecule has 0 saturated heterocycles. The number of halogens is 1. The number of H-pyrrole nitrogens is 2. The smallest absolute Gasteiger partial charge is 0.303 e. The summed E-state index contributed by atoms with van der Waals surface area (Å²) in [4.78, 5) is 35.7. The molecule has 0 fully saturated rings. The molecule has 0 aliphatic heterocycles. The van der Waals surface area contributed by atoms with Crippen molar-refractivity contribution < 1.29 is 14.3 Å². The minimum atomic E-state index is -0.464. The first-order valence-electron chi connectivity index (χ1n) is 9.46. The summed E-state index contributed by atoms with van der Waals surface area (Å²) in [7, 11) is 0. The number of amides is 1. The van der Waals surface area contributed by atoms with Gasteiger partial charge in [-0.3, -0.25) is 9.78 Å². The Labute approximate surface area is 185 Å². The van der Waals surface area contributed by atoms with Crippen LogP contribution < -0.4 is 16.0 Å². The Morgan fingerprint density at radius 2 is 2.10 bits per heavy atom. The molecular formula is C19H21BrN9O2+. The van der Waals surface area contributed by atoms with Crippen LogP contribution in [0, 0.1) is 0 Å². The number of aromatic amines is 2. The van der Waals surface area contributed by atoms with Gasteiger partial charge in [-0.2, -0.15) is 0 Å². The van der Waals surface area contributed by atoms with Crippen molar-refractivity contribution in [1.82, 2.24) is 35.4 Å². The van der Waals surface area contributed by atoms with E-state index in [1.54, 1.807) is 19.2 Å². The highest BCUT2D eigenvalue weighted by Crippen LogP contribution is 2.24. The van der Waals surface area contributed by atoms with Gasteiger partial charge < -0.3 is 15.6 Å². The average Bonchev–Trinajstić information content (AvgIpc) is 3.35. The second-order valence-corrected chi connectivity index (χ2v) is 8.86. The monoisotopic (exact) mass is 486 g/mol. The highest BCUT2D eigenvalue weighted by molar-refractivity contribution is 9.10. The molecule has 4 heterocycles. The molecule has 11 nitrogen and oxygen atoms in total. The molecule has 31 heavy (non-hydrogen) atoms. The maximum absolute atomic E-state index is 12.5. The van der Waals surface area contributed by atoms with E-state index in [4.69, 9.17) is 10.3 Å². The first-order valence-corrected chi connectivity index (χ1v) is 10.2. The molecule has 12 heteroatoms. The van der Waals surface area contributed by atoms with Crippen LogP contribution in [0.15, 0.2) is 27.6 Å². The second-order valence-electron chi connectivity index (χ2n) is 8.06. The third-order valence-electron chi connectivity index (χ3n) is 4.55. The Kier molecular flexibility index (Phi) is 5.17. The number of aromatic nitrogens is 7. The highest BCUT2D eigenvalue weighted by Gasteiger charge is 2.25. The van der Waals surface area contributed by atoms with Gasteiger partial charge >= 0.3 is 5.65 Å². The molecule has 1 amide bonds. The van der Waals surface area contributed by atoms with Gasteiger partial charge in [0.05, 0.1) is 16.7 Å². The molecule has 0 bridgehead atoms. The van der Waals surface area contributed by atoms with Gasteiger partial charge in [0.1, 0.15) is 17.8 Å². The fourth-order valence-electron chi connectivity index (χ4n) is 2.83. The van der Waals surface area contributed by atoms with E-state index in [-0.39, 0.29) is 16.9 Å². The van der Waals surface area contributed by atoms with Crippen molar-refractivity contribution in [1.29, 1.82) is 0 Å². The molecule has 0 saturated carbocycles. The lowest BCUT2D eigenvalue weighted by atomic mass is 9.96. The van der Waals surface area contributed by atoms with Crippen molar-refractivity contribution in [3.63, 3.8) is 0 Å². The molecule has 160 valence electrons. The molecule has 5 N–H and O–H groups in total. The fraction of sp³-hybridized carbons (Fsp3) is 0.316. The lowest BCUT2D eigenvalue weighted by molar-refractivity contribution is -0.334. The number of carbonyl (C=O) groups is 1. The van der Waals surface area contributed by atoms with E-state index in [9.17, 15) is 4.79 Å². The Bertz CT molecular complexity index is 1280. The second kappa shape index (κ2) is 7.69. The van der Waals surface area contributed by atoms with Gasteiger partial charge in [-0.1, -0.05) is 30.9 Å². The Morgan fingerprint density at radius 1 is 1.32 bits per heavy atom. The maximum Gasteiger partial charge on any atom is 0.303 e. The average molecular weight is 487 g/mol. The molecule has 0 aliphatic carbocycles. The number of fused-ring (bicyclic) bond motifs is 1. The van der Waals surface area contributed by atoms with E-state index >= 15 is 0 Å². The van der Waals surface area contributed by atoms with Crippen LogP contribution >= 0.6 is 15.9 Å². The van der Waals surface area contributed by atoms with Crippen LogP contribution in [0.1, 0.15) is 55.8 Å². The Morgan fingerprint density at radius 3 is 2.84 bits per heavy atom. The predicted octanol–water partition coefficient (Wildman–Crippen LogP) is 2.35. The molecular weight excluding hydrogens is 466 g/mol. The van der Waals surface area contributed by atoms with Crippen molar-refractivity contribution in [2.45, 2.75) is 39.2 Å².